The van der Waals surface area contributed by atoms with Crippen LogP contribution in [-0.4, -0.2) is 60.1 Å². The van der Waals surface area contributed by atoms with Crippen LogP contribution in [0.1, 0.15) is 12.8 Å². The maximum absolute atomic E-state index is 12.8. The molecular formula is C17H19ClN2O5. The van der Waals surface area contributed by atoms with E-state index in [2.05, 4.69) is 0 Å². The lowest BCUT2D eigenvalue weighted by Crippen LogP contribution is -2.48. The van der Waals surface area contributed by atoms with Crippen LogP contribution in [0.5, 0.6) is 0 Å². The maximum atomic E-state index is 12.8. The highest BCUT2D eigenvalue weighted by Crippen LogP contribution is 2.31. The Balaban J connectivity index is 1.66. The average molecular weight is 367 g/mol. The van der Waals surface area contributed by atoms with Crippen molar-refractivity contribution in [3.63, 3.8) is 0 Å². The van der Waals surface area contributed by atoms with E-state index in [1.54, 1.807) is 34.1 Å². The van der Waals surface area contributed by atoms with Gasteiger partial charge in [-0.1, -0.05) is 23.7 Å². The summed E-state index contributed by atoms with van der Waals surface area (Å²) in [5.74, 6) is -1.68. The van der Waals surface area contributed by atoms with Gasteiger partial charge in [0.15, 0.2) is 0 Å². The zero-order chi connectivity index (χ0) is 18.0. The second kappa shape index (κ2) is 7.41. The summed E-state index contributed by atoms with van der Waals surface area (Å²) >= 11 is 6.15. The number of hydrogen-bond donors (Lipinski definition) is 1. The fraction of sp³-hybridized carbons (Fsp3) is 0.471. The Bertz CT molecular complexity index is 695. The fourth-order valence-electron chi connectivity index (χ4n) is 3.27. The van der Waals surface area contributed by atoms with Crippen molar-refractivity contribution in [1.29, 1.82) is 0 Å². The molecule has 0 aliphatic carbocycles. The first-order valence-corrected chi connectivity index (χ1v) is 8.50. The summed E-state index contributed by atoms with van der Waals surface area (Å²) in [7, 11) is 0. The number of para-hydroxylation sites is 1. The molecule has 2 heterocycles. The van der Waals surface area contributed by atoms with Gasteiger partial charge >= 0.3 is 5.97 Å². The highest BCUT2D eigenvalue weighted by molar-refractivity contribution is 6.33. The van der Waals surface area contributed by atoms with E-state index in [4.69, 9.17) is 21.4 Å². The van der Waals surface area contributed by atoms with Crippen molar-refractivity contribution < 1.29 is 24.2 Å². The van der Waals surface area contributed by atoms with Crippen LogP contribution in [0, 0.1) is 5.92 Å². The highest BCUT2D eigenvalue weighted by atomic mass is 35.5. The van der Waals surface area contributed by atoms with Crippen LogP contribution < -0.4 is 4.90 Å². The quantitative estimate of drug-likeness (QED) is 0.870. The van der Waals surface area contributed by atoms with Gasteiger partial charge in [0.1, 0.15) is 0 Å². The number of aliphatic carboxylic acids is 1. The highest BCUT2D eigenvalue weighted by Gasteiger charge is 2.39. The van der Waals surface area contributed by atoms with Crippen molar-refractivity contribution in [2.45, 2.75) is 18.9 Å². The molecule has 0 radical (unpaired) electrons. The van der Waals surface area contributed by atoms with E-state index in [-0.39, 0.29) is 37.7 Å². The number of amides is 2. The van der Waals surface area contributed by atoms with Crippen LogP contribution in [0.15, 0.2) is 24.3 Å². The van der Waals surface area contributed by atoms with Gasteiger partial charge in [0.25, 0.3) is 0 Å². The monoisotopic (exact) mass is 366 g/mol. The van der Waals surface area contributed by atoms with Gasteiger partial charge in [0.2, 0.25) is 11.8 Å². The molecule has 0 bridgehead atoms. The van der Waals surface area contributed by atoms with E-state index in [9.17, 15) is 14.4 Å². The summed E-state index contributed by atoms with van der Waals surface area (Å²) < 4.78 is 5.39. The number of nitrogens with zero attached hydrogens (tertiary/aromatic N) is 2. The van der Waals surface area contributed by atoms with Crippen molar-refractivity contribution in [2.75, 3.05) is 31.1 Å². The smallest absolute Gasteiger partial charge is 0.306 e. The number of ether oxygens (including phenoxy) is 1. The van der Waals surface area contributed by atoms with Crippen LogP contribution in [-0.2, 0) is 19.1 Å². The van der Waals surface area contributed by atoms with E-state index in [0.717, 1.165) is 0 Å². The number of halogens is 1. The molecule has 0 saturated carbocycles. The molecular weight excluding hydrogens is 348 g/mol. The van der Waals surface area contributed by atoms with Crippen molar-refractivity contribution >= 4 is 35.1 Å². The third kappa shape index (κ3) is 3.93. The van der Waals surface area contributed by atoms with Crippen molar-refractivity contribution in [2.24, 2.45) is 5.92 Å². The molecule has 2 amide bonds. The summed E-state index contributed by atoms with van der Waals surface area (Å²) in [6.45, 7) is 1.23. The van der Waals surface area contributed by atoms with E-state index in [0.29, 0.717) is 23.9 Å². The number of carbonyl (C=O) groups excluding carboxylic acids is 2. The number of hydrogen-bond acceptors (Lipinski definition) is 4. The van der Waals surface area contributed by atoms with Gasteiger partial charge in [0.05, 0.1) is 35.8 Å². The molecule has 0 aromatic heterocycles. The Labute approximate surface area is 150 Å². The molecule has 1 aromatic rings. The predicted octanol–water partition coefficient (Wildman–Crippen LogP) is 1.39. The standard InChI is InChI=1S/C17H19ClN2O5/c18-13-3-1-2-4-14(13)20-9-11(7-15(20)21)17(24)19-5-6-25-12(10-19)8-16(22)23/h1-4,11-12H,5-10H2,(H,22,23)/t11-,12+/m0/s1. The SMILES string of the molecule is O=C(O)C[C@@H]1CN(C(=O)[C@H]2CC(=O)N(c3ccccc3Cl)C2)CCO1. The molecule has 3 rings (SSSR count). The summed E-state index contributed by atoms with van der Waals surface area (Å²) in [5, 5.41) is 9.35. The van der Waals surface area contributed by atoms with Crippen molar-refractivity contribution in [3.8, 4) is 0 Å². The summed E-state index contributed by atoms with van der Waals surface area (Å²) in [6.07, 6.45) is -0.517. The molecule has 2 aliphatic rings. The normalized spacial score (nSPS) is 23.8. The van der Waals surface area contributed by atoms with E-state index >= 15 is 0 Å². The Hall–Kier alpha value is -2.12. The third-order valence-electron chi connectivity index (χ3n) is 4.47. The van der Waals surface area contributed by atoms with Crippen LogP contribution in [0.4, 0.5) is 5.69 Å². The Morgan fingerprint density at radius 1 is 1.28 bits per heavy atom. The molecule has 0 unspecified atom stereocenters. The van der Waals surface area contributed by atoms with Gasteiger partial charge < -0.3 is 19.6 Å². The summed E-state index contributed by atoms with van der Waals surface area (Å²) in [6, 6.07) is 7.04. The minimum Gasteiger partial charge on any atom is -0.481 e. The molecule has 1 aromatic carbocycles. The number of carboxylic acids is 1. The number of benzene rings is 1. The molecule has 134 valence electrons. The van der Waals surface area contributed by atoms with Gasteiger partial charge in [-0.2, -0.15) is 0 Å². The molecule has 8 heteroatoms. The average Bonchev–Trinajstić information content (AvgIpc) is 2.96. The second-order valence-corrected chi connectivity index (χ2v) is 6.64. The second-order valence-electron chi connectivity index (χ2n) is 6.23. The number of anilines is 1. The molecule has 7 nitrogen and oxygen atoms in total. The zero-order valence-electron chi connectivity index (χ0n) is 13.6. The zero-order valence-corrected chi connectivity index (χ0v) is 14.3. The Morgan fingerprint density at radius 2 is 2.04 bits per heavy atom. The van der Waals surface area contributed by atoms with Crippen LogP contribution in [0.3, 0.4) is 0 Å². The predicted molar refractivity (Wildman–Crippen MR) is 90.5 cm³/mol. The molecule has 25 heavy (non-hydrogen) atoms. The maximum Gasteiger partial charge on any atom is 0.306 e. The van der Waals surface area contributed by atoms with E-state index in [1.165, 1.54) is 0 Å². The lowest BCUT2D eigenvalue weighted by atomic mass is 10.1. The molecule has 2 atom stereocenters. The lowest BCUT2D eigenvalue weighted by Gasteiger charge is -2.33. The van der Waals surface area contributed by atoms with Crippen molar-refractivity contribution in [1.82, 2.24) is 4.90 Å². The minimum atomic E-state index is -0.958. The number of carboxylic acid groups (broad SMARTS) is 1. The number of rotatable bonds is 4. The largest absolute Gasteiger partial charge is 0.481 e. The Kier molecular flexibility index (Phi) is 5.24. The number of carbonyl (C=O) groups is 3. The van der Waals surface area contributed by atoms with Crippen LogP contribution in [0.2, 0.25) is 5.02 Å². The van der Waals surface area contributed by atoms with Gasteiger partial charge in [-0.25, -0.2) is 0 Å². The minimum absolute atomic E-state index is 0.130. The first-order chi connectivity index (χ1) is 12.0. The fourth-order valence-corrected chi connectivity index (χ4v) is 3.51. The third-order valence-corrected chi connectivity index (χ3v) is 4.79. The van der Waals surface area contributed by atoms with E-state index < -0.39 is 18.0 Å². The molecule has 2 fully saturated rings. The first kappa shape index (κ1) is 17.7. The van der Waals surface area contributed by atoms with Gasteiger partial charge in [-0.05, 0) is 12.1 Å². The molecule has 2 saturated heterocycles. The van der Waals surface area contributed by atoms with E-state index in [1.807, 2.05) is 0 Å². The molecule has 0 spiro atoms. The first-order valence-electron chi connectivity index (χ1n) is 8.12. The van der Waals surface area contributed by atoms with Crippen molar-refractivity contribution in [3.05, 3.63) is 29.3 Å². The van der Waals surface area contributed by atoms with Crippen LogP contribution in [0.25, 0.3) is 0 Å². The molecule has 2 aliphatic heterocycles. The van der Waals surface area contributed by atoms with Gasteiger partial charge in [-0.15, -0.1) is 0 Å². The summed E-state index contributed by atoms with van der Waals surface area (Å²) in [4.78, 5) is 39.1. The van der Waals surface area contributed by atoms with Gasteiger partial charge in [-0.3, -0.25) is 14.4 Å². The van der Waals surface area contributed by atoms with Crippen LogP contribution >= 0.6 is 11.6 Å². The summed E-state index contributed by atoms with van der Waals surface area (Å²) in [5.41, 5.74) is 0.607. The van der Waals surface area contributed by atoms with Gasteiger partial charge in [0, 0.05) is 26.1 Å². The lowest BCUT2D eigenvalue weighted by molar-refractivity contribution is -0.149. The molecule has 1 N–H and O–H groups in total. The topological polar surface area (TPSA) is 87.2 Å². The Morgan fingerprint density at radius 3 is 2.76 bits per heavy atom. The number of morpholine rings is 1.